The summed E-state index contributed by atoms with van der Waals surface area (Å²) in [4.78, 5) is 21.8. The van der Waals surface area contributed by atoms with E-state index < -0.39 is 21.5 Å². The molecular weight excluding hydrogens is 462 g/mol. The Hall–Kier alpha value is -2.53. The number of methoxy groups -OCH3 is 1. The molecule has 2 heterocycles. The van der Waals surface area contributed by atoms with E-state index in [9.17, 15) is 13.2 Å². The topological polar surface area (TPSA) is 89.0 Å². The van der Waals surface area contributed by atoms with Gasteiger partial charge in [-0.3, -0.25) is 14.6 Å². The van der Waals surface area contributed by atoms with E-state index in [0.29, 0.717) is 37.1 Å². The Morgan fingerprint density at radius 2 is 1.88 bits per heavy atom. The Morgan fingerprint density at radius 3 is 2.58 bits per heavy atom. The van der Waals surface area contributed by atoms with Crippen molar-refractivity contribution in [1.29, 1.82) is 0 Å². The highest BCUT2D eigenvalue weighted by Crippen LogP contribution is 2.29. The van der Waals surface area contributed by atoms with Gasteiger partial charge in [0.15, 0.2) is 15.0 Å². The predicted octanol–water partition coefficient (Wildman–Crippen LogP) is 2.83. The lowest BCUT2D eigenvalue weighted by atomic mass is 10.3. The third-order valence-corrected chi connectivity index (χ3v) is 8.18. The number of amides is 1. The van der Waals surface area contributed by atoms with E-state index in [1.54, 1.807) is 12.1 Å². The number of sulfone groups is 1. The number of benzene rings is 2. The van der Waals surface area contributed by atoms with E-state index in [4.69, 9.17) is 9.47 Å². The van der Waals surface area contributed by atoms with E-state index in [-0.39, 0.29) is 4.90 Å². The maximum Gasteiger partial charge on any atom is 0.244 e. The minimum Gasteiger partial charge on any atom is -0.497 e. The number of ether oxygens (including phenoxy) is 2. The number of thiazole rings is 1. The van der Waals surface area contributed by atoms with Crippen molar-refractivity contribution in [2.24, 2.45) is 0 Å². The maximum atomic E-state index is 13.3. The molecule has 33 heavy (non-hydrogen) atoms. The van der Waals surface area contributed by atoms with Crippen LogP contribution in [-0.2, 0) is 19.4 Å². The number of para-hydroxylation sites is 1. The van der Waals surface area contributed by atoms with E-state index in [0.717, 1.165) is 29.9 Å². The number of nitrogens with zero attached hydrogens (tertiary/aromatic N) is 3. The lowest BCUT2D eigenvalue weighted by molar-refractivity contribution is -0.116. The van der Waals surface area contributed by atoms with Crippen LogP contribution in [0.2, 0.25) is 0 Å². The summed E-state index contributed by atoms with van der Waals surface area (Å²) in [6.07, 6.45) is 0.713. The standard InChI is InChI=1S/C23H27N3O5S2/c1-30-18-7-9-19(10-8-18)33(28,29)17-22(27)26(12-4-11-25-13-15-31-16-14-25)23-24-20-5-2-3-6-21(20)32-23/h2-3,5-10H,4,11-17H2,1H3. The molecule has 1 amide bonds. The first-order chi connectivity index (χ1) is 16.0. The molecule has 176 valence electrons. The lowest BCUT2D eigenvalue weighted by Crippen LogP contribution is -2.40. The summed E-state index contributed by atoms with van der Waals surface area (Å²) >= 11 is 1.40. The molecule has 0 radical (unpaired) electrons. The van der Waals surface area contributed by atoms with E-state index in [1.165, 1.54) is 35.5 Å². The molecule has 0 N–H and O–H groups in total. The number of carbonyl (C=O) groups excluding carboxylic acids is 1. The quantitative estimate of drug-likeness (QED) is 0.457. The molecular formula is C23H27N3O5S2. The number of rotatable bonds is 9. The smallest absolute Gasteiger partial charge is 0.244 e. The number of aromatic nitrogens is 1. The van der Waals surface area contributed by atoms with Gasteiger partial charge >= 0.3 is 0 Å². The van der Waals surface area contributed by atoms with Crippen LogP contribution in [0.3, 0.4) is 0 Å². The highest BCUT2D eigenvalue weighted by molar-refractivity contribution is 7.92. The fourth-order valence-corrected chi connectivity index (χ4v) is 5.89. The van der Waals surface area contributed by atoms with E-state index >= 15 is 0 Å². The van der Waals surface area contributed by atoms with Crippen LogP contribution in [0.25, 0.3) is 10.2 Å². The number of fused-ring (bicyclic) bond motifs is 1. The molecule has 8 nitrogen and oxygen atoms in total. The average molecular weight is 490 g/mol. The first-order valence-electron chi connectivity index (χ1n) is 10.8. The van der Waals surface area contributed by atoms with E-state index in [1.807, 2.05) is 24.3 Å². The molecule has 2 aromatic carbocycles. The van der Waals surface area contributed by atoms with Gasteiger partial charge in [-0.2, -0.15) is 0 Å². The summed E-state index contributed by atoms with van der Waals surface area (Å²) in [5, 5.41) is 0.521. The largest absolute Gasteiger partial charge is 0.497 e. The fraction of sp³-hybridized carbons (Fsp3) is 0.391. The van der Waals surface area contributed by atoms with Gasteiger partial charge < -0.3 is 9.47 Å². The molecule has 0 saturated carbocycles. The summed E-state index contributed by atoms with van der Waals surface area (Å²) in [5.74, 6) is -0.543. The SMILES string of the molecule is COc1ccc(S(=O)(=O)CC(=O)N(CCCN2CCOCC2)c2nc3ccccc3s2)cc1. The number of morpholine rings is 1. The molecule has 0 bridgehead atoms. The van der Waals surface area contributed by atoms with Gasteiger partial charge in [0.25, 0.3) is 0 Å². The molecule has 1 saturated heterocycles. The second-order valence-corrected chi connectivity index (χ2v) is 10.8. The van der Waals surface area contributed by atoms with Gasteiger partial charge in [-0.25, -0.2) is 13.4 Å². The van der Waals surface area contributed by atoms with Gasteiger partial charge in [0, 0.05) is 26.2 Å². The zero-order valence-electron chi connectivity index (χ0n) is 18.5. The number of hydrogen-bond donors (Lipinski definition) is 0. The molecule has 10 heteroatoms. The zero-order chi connectivity index (χ0) is 23.3. The highest BCUT2D eigenvalue weighted by Gasteiger charge is 2.26. The monoisotopic (exact) mass is 489 g/mol. The van der Waals surface area contributed by atoms with Crippen molar-refractivity contribution in [1.82, 2.24) is 9.88 Å². The van der Waals surface area contributed by atoms with Crippen LogP contribution in [0.1, 0.15) is 6.42 Å². The van der Waals surface area contributed by atoms with Gasteiger partial charge in [0.2, 0.25) is 5.91 Å². The number of anilines is 1. The molecule has 1 aliphatic rings. The highest BCUT2D eigenvalue weighted by atomic mass is 32.2. The summed E-state index contributed by atoms with van der Waals surface area (Å²) in [7, 11) is -2.30. The molecule has 4 rings (SSSR count). The van der Waals surface area contributed by atoms with Crippen LogP contribution in [0.15, 0.2) is 53.4 Å². The molecule has 0 atom stereocenters. The van der Waals surface area contributed by atoms with Gasteiger partial charge in [-0.15, -0.1) is 0 Å². The minimum atomic E-state index is -3.81. The first-order valence-corrected chi connectivity index (χ1v) is 13.3. The summed E-state index contributed by atoms with van der Waals surface area (Å²) in [5.41, 5.74) is 0.793. The first kappa shape index (κ1) is 23.6. The van der Waals surface area contributed by atoms with Crippen molar-refractivity contribution in [2.45, 2.75) is 11.3 Å². The Balaban J connectivity index is 1.52. The van der Waals surface area contributed by atoms with Gasteiger partial charge in [-0.05, 0) is 42.8 Å². The van der Waals surface area contributed by atoms with Crippen molar-refractivity contribution in [3.8, 4) is 5.75 Å². The van der Waals surface area contributed by atoms with Crippen molar-refractivity contribution >= 4 is 42.4 Å². The fourth-order valence-electron chi connectivity index (χ4n) is 3.69. The maximum absolute atomic E-state index is 13.3. The Morgan fingerprint density at radius 1 is 1.15 bits per heavy atom. The van der Waals surface area contributed by atoms with Crippen LogP contribution in [0.5, 0.6) is 5.75 Å². The molecule has 1 aliphatic heterocycles. The average Bonchev–Trinajstić information content (AvgIpc) is 3.26. The van der Waals surface area contributed by atoms with Gasteiger partial charge in [-0.1, -0.05) is 23.5 Å². The van der Waals surface area contributed by atoms with Crippen LogP contribution in [0, 0.1) is 0 Å². The second-order valence-electron chi connectivity index (χ2n) is 7.75. The predicted molar refractivity (Wildman–Crippen MR) is 129 cm³/mol. The van der Waals surface area contributed by atoms with Gasteiger partial charge in [0.05, 0.1) is 35.4 Å². The molecule has 0 aliphatic carbocycles. The molecule has 1 aromatic heterocycles. The summed E-state index contributed by atoms with van der Waals surface area (Å²) in [6, 6.07) is 13.7. The van der Waals surface area contributed by atoms with Crippen molar-refractivity contribution < 1.29 is 22.7 Å². The van der Waals surface area contributed by atoms with Crippen LogP contribution in [0.4, 0.5) is 5.13 Å². The Bertz CT molecular complexity index is 1160. The van der Waals surface area contributed by atoms with E-state index in [2.05, 4.69) is 9.88 Å². The van der Waals surface area contributed by atoms with Crippen LogP contribution >= 0.6 is 11.3 Å². The lowest BCUT2D eigenvalue weighted by Gasteiger charge is -2.27. The normalized spacial score (nSPS) is 14.9. The van der Waals surface area contributed by atoms with Gasteiger partial charge in [0.1, 0.15) is 11.5 Å². The number of hydrogen-bond acceptors (Lipinski definition) is 8. The zero-order valence-corrected chi connectivity index (χ0v) is 20.1. The Kier molecular flexibility index (Phi) is 7.59. The molecule has 0 unspecified atom stereocenters. The molecule has 1 fully saturated rings. The molecule has 0 spiro atoms. The van der Waals surface area contributed by atoms with Crippen molar-refractivity contribution in [3.05, 3.63) is 48.5 Å². The Labute approximate surface area is 197 Å². The van der Waals surface area contributed by atoms with Crippen molar-refractivity contribution in [2.75, 3.05) is 57.2 Å². The summed E-state index contributed by atoms with van der Waals surface area (Å²) < 4.78 is 37.3. The third-order valence-electron chi connectivity index (χ3n) is 5.51. The second kappa shape index (κ2) is 10.6. The van der Waals surface area contributed by atoms with Crippen LogP contribution in [-0.4, -0.2) is 76.5 Å². The number of carbonyl (C=O) groups is 1. The molecule has 3 aromatic rings. The summed E-state index contributed by atoms with van der Waals surface area (Å²) in [6.45, 7) is 4.35. The minimum absolute atomic E-state index is 0.0919. The van der Waals surface area contributed by atoms with Crippen molar-refractivity contribution in [3.63, 3.8) is 0 Å². The third kappa shape index (κ3) is 5.89. The van der Waals surface area contributed by atoms with Crippen LogP contribution < -0.4 is 9.64 Å².